The Hall–Kier alpha value is -7.36. The van der Waals surface area contributed by atoms with E-state index in [1.54, 1.807) is 23.9 Å². The van der Waals surface area contributed by atoms with Crippen molar-refractivity contribution in [2.75, 3.05) is 55.0 Å². The van der Waals surface area contributed by atoms with Crippen LogP contribution < -0.4 is 29.6 Å². The van der Waals surface area contributed by atoms with Gasteiger partial charge in [0.2, 0.25) is 13.6 Å². The molecule has 0 spiro atoms. The fourth-order valence-corrected chi connectivity index (χ4v) is 8.87. The molecule has 0 aliphatic carbocycles. The van der Waals surface area contributed by atoms with E-state index in [1.807, 2.05) is 84.9 Å². The van der Waals surface area contributed by atoms with Crippen molar-refractivity contribution in [2.24, 2.45) is 0 Å². The lowest BCUT2D eigenvalue weighted by Crippen LogP contribution is -2.47. The molecule has 308 valence electrons. The Balaban J connectivity index is 0.000000154. The SMILES string of the molecule is CNC(=O)N1C[C@@H](C(=O)OC)c2c([nH]c3ccccc23)[C@@H]1c1ccc2c(c1)OCO2.CNC(=O)N1C[C@H](C(=O)OC)c2c([nH]c3ccccc23)[C@H]1c1ccc2c(c1)OCO2. The molecule has 10 rings (SSSR count). The third-order valence-electron chi connectivity index (χ3n) is 11.5. The van der Waals surface area contributed by atoms with Crippen molar-refractivity contribution in [3.05, 3.63) is 119 Å². The first-order valence-corrected chi connectivity index (χ1v) is 19.4. The van der Waals surface area contributed by atoms with Crippen LogP contribution in [0, 0.1) is 0 Å². The number of amides is 4. The first kappa shape index (κ1) is 38.2. The topological polar surface area (TPSA) is 186 Å². The average molecular weight is 815 g/mol. The predicted octanol–water partition coefficient (Wildman–Crippen LogP) is 5.80. The number of urea groups is 2. The number of carbonyl (C=O) groups is 4. The van der Waals surface area contributed by atoms with Crippen LogP contribution in [-0.4, -0.2) is 98.8 Å². The van der Waals surface area contributed by atoms with Gasteiger partial charge >= 0.3 is 24.0 Å². The molecule has 16 heteroatoms. The fourth-order valence-electron chi connectivity index (χ4n) is 8.87. The summed E-state index contributed by atoms with van der Waals surface area (Å²) in [6.07, 6.45) is 0. The Morgan fingerprint density at radius 1 is 0.583 bits per heavy atom. The second-order valence-corrected chi connectivity index (χ2v) is 14.6. The highest BCUT2D eigenvalue weighted by molar-refractivity contribution is 5.95. The van der Waals surface area contributed by atoms with E-state index in [0.717, 1.165) is 55.4 Å². The Bertz CT molecular complexity index is 2490. The van der Waals surface area contributed by atoms with Crippen LogP contribution in [0.5, 0.6) is 23.0 Å². The minimum Gasteiger partial charge on any atom is -0.468 e. The van der Waals surface area contributed by atoms with Crippen molar-refractivity contribution in [3.63, 3.8) is 0 Å². The second-order valence-electron chi connectivity index (χ2n) is 14.6. The molecule has 6 aromatic rings. The van der Waals surface area contributed by atoms with Crippen LogP contribution in [0.3, 0.4) is 0 Å². The highest BCUT2D eigenvalue weighted by atomic mass is 16.7. The number of esters is 2. The molecule has 60 heavy (non-hydrogen) atoms. The molecule has 2 aromatic heterocycles. The number of para-hydroxylation sites is 2. The van der Waals surface area contributed by atoms with E-state index in [9.17, 15) is 19.2 Å². The second kappa shape index (κ2) is 15.4. The van der Waals surface area contributed by atoms with E-state index in [2.05, 4.69) is 20.6 Å². The average Bonchev–Trinajstić information content (AvgIpc) is 4.11. The lowest BCUT2D eigenvalue weighted by Gasteiger charge is -2.38. The highest BCUT2D eigenvalue weighted by Crippen LogP contribution is 2.47. The quantitative estimate of drug-likeness (QED) is 0.159. The van der Waals surface area contributed by atoms with Gasteiger partial charge in [0.1, 0.15) is 11.8 Å². The van der Waals surface area contributed by atoms with E-state index in [1.165, 1.54) is 14.2 Å². The number of carbonyl (C=O) groups excluding carboxylic acids is 4. The van der Waals surface area contributed by atoms with E-state index in [0.29, 0.717) is 23.0 Å². The smallest absolute Gasteiger partial charge is 0.318 e. The van der Waals surface area contributed by atoms with Crippen molar-refractivity contribution in [3.8, 4) is 23.0 Å². The molecule has 4 aliphatic rings. The number of aromatic nitrogens is 2. The molecule has 4 atom stereocenters. The van der Waals surface area contributed by atoms with Crippen molar-refractivity contribution < 1.29 is 47.6 Å². The summed E-state index contributed by atoms with van der Waals surface area (Å²) < 4.78 is 32.1. The molecule has 16 nitrogen and oxygen atoms in total. The van der Waals surface area contributed by atoms with E-state index < -0.39 is 23.9 Å². The number of hydrogen-bond donors (Lipinski definition) is 4. The third-order valence-corrected chi connectivity index (χ3v) is 11.5. The molecule has 4 amide bonds. The lowest BCUT2D eigenvalue weighted by molar-refractivity contribution is -0.144. The standard InChI is InChI=1S/2C22H21N3O5/c2*1-23-22(27)25-10-14(21(26)28-2)18-13-5-3-4-6-15(13)24-19(18)20(25)12-7-8-16-17(9-12)30-11-29-16/h2*3-9,14,20,24H,10-11H2,1-2H3,(H,23,27)/t2*14-,20+/m10/s1. The van der Waals surface area contributed by atoms with Gasteiger partial charge in [-0.1, -0.05) is 48.5 Å². The zero-order valence-corrected chi connectivity index (χ0v) is 33.2. The van der Waals surface area contributed by atoms with Crippen LogP contribution in [0.4, 0.5) is 9.59 Å². The van der Waals surface area contributed by atoms with Gasteiger partial charge in [-0.2, -0.15) is 0 Å². The molecule has 0 bridgehead atoms. The minimum absolute atomic E-state index is 0.171. The van der Waals surface area contributed by atoms with Crippen LogP contribution in [0.25, 0.3) is 21.8 Å². The Labute approximate surface area is 343 Å². The number of nitrogens with one attached hydrogen (secondary N) is 4. The van der Waals surface area contributed by atoms with Crippen molar-refractivity contribution in [1.29, 1.82) is 0 Å². The highest BCUT2D eigenvalue weighted by Gasteiger charge is 2.44. The number of nitrogens with zero attached hydrogens (tertiary/aromatic N) is 2. The summed E-state index contributed by atoms with van der Waals surface area (Å²) in [6, 6.07) is 25.5. The number of hydrogen-bond acceptors (Lipinski definition) is 10. The van der Waals surface area contributed by atoms with Gasteiger partial charge < -0.3 is 58.8 Å². The maximum absolute atomic E-state index is 12.9. The van der Waals surface area contributed by atoms with Crippen molar-refractivity contribution >= 4 is 45.8 Å². The largest absolute Gasteiger partial charge is 0.468 e. The molecule has 0 fully saturated rings. The molecule has 0 unspecified atom stereocenters. The summed E-state index contributed by atoms with van der Waals surface area (Å²) in [5, 5.41) is 7.29. The number of H-pyrrole nitrogens is 2. The van der Waals surface area contributed by atoms with Crippen LogP contribution in [0.1, 0.15) is 57.6 Å². The van der Waals surface area contributed by atoms with E-state index in [4.69, 9.17) is 28.4 Å². The molecule has 6 heterocycles. The van der Waals surface area contributed by atoms with Crippen molar-refractivity contribution in [1.82, 2.24) is 30.4 Å². The van der Waals surface area contributed by atoms with Crippen molar-refractivity contribution in [2.45, 2.75) is 23.9 Å². The number of aromatic amines is 2. The van der Waals surface area contributed by atoms with Gasteiger partial charge in [0, 0.05) is 60.4 Å². The zero-order valence-electron chi connectivity index (χ0n) is 33.2. The summed E-state index contributed by atoms with van der Waals surface area (Å²) in [5.41, 5.74) is 6.83. The van der Waals surface area contributed by atoms with Crippen LogP contribution in [0.2, 0.25) is 0 Å². The predicted molar refractivity (Wildman–Crippen MR) is 217 cm³/mol. The number of rotatable bonds is 4. The maximum atomic E-state index is 12.9. The molecule has 0 radical (unpaired) electrons. The molecule has 0 saturated heterocycles. The minimum atomic E-state index is -0.594. The van der Waals surface area contributed by atoms with Gasteiger partial charge in [-0.15, -0.1) is 0 Å². The number of fused-ring (bicyclic) bond motifs is 8. The van der Waals surface area contributed by atoms with Gasteiger partial charge in [0.05, 0.1) is 26.3 Å². The molecular weight excluding hydrogens is 773 g/mol. The molecule has 4 aromatic carbocycles. The number of ether oxygens (including phenoxy) is 6. The van der Waals surface area contributed by atoms with Gasteiger partial charge in [0.25, 0.3) is 0 Å². The third kappa shape index (κ3) is 6.31. The van der Waals surface area contributed by atoms with E-state index in [-0.39, 0.29) is 50.7 Å². The summed E-state index contributed by atoms with van der Waals surface area (Å²) in [7, 11) is 5.88. The number of methoxy groups -OCH3 is 2. The Morgan fingerprint density at radius 2 is 0.983 bits per heavy atom. The number of benzene rings is 4. The van der Waals surface area contributed by atoms with Crippen LogP contribution in [-0.2, 0) is 19.1 Å². The first-order valence-electron chi connectivity index (χ1n) is 19.4. The summed E-state index contributed by atoms with van der Waals surface area (Å²) in [6.45, 7) is 0.732. The van der Waals surface area contributed by atoms with Gasteiger partial charge in [0.15, 0.2) is 23.0 Å². The van der Waals surface area contributed by atoms with Gasteiger partial charge in [-0.3, -0.25) is 9.59 Å². The fraction of sp³-hybridized carbons (Fsp3) is 0.273. The van der Waals surface area contributed by atoms with Crippen LogP contribution in [0.15, 0.2) is 84.9 Å². The Kier molecular flexibility index (Phi) is 9.82. The summed E-state index contributed by atoms with van der Waals surface area (Å²) in [5.74, 6) is 0.676. The van der Waals surface area contributed by atoms with Gasteiger partial charge in [-0.25, -0.2) is 9.59 Å². The maximum Gasteiger partial charge on any atom is 0.318 e. The zero-order chi connectivity index (χ0) is 41.7. The summed E-state index contributed by atoms with van der Waals surface area (Å²) >= 11 is 0. The molecule has 0 saturated carbocycles. The van der Waals surface area contributed by atoms with Gasteiger partial charge in [-0.05, 0) is 58.7 Å². The first-order chi connectivity index (χ1) is 29.2. The Morgan fingerprint density at radius 3 is 1.38 bits per heavy atom. The summed E-state index contributed by atoms with van der Waals surface area (Å²) in [4.78, 5) is 61.3. The monoisotopic (exact) mass is 814 g/mol. The lowest BCUT2D eigenvalue weighted by atomic mass is 9.85. The molecule has 4 aliphatic heterocycles. The normalized spacial score (nSPS) is 19.5. The molecule has 4 N–H and O–H groups in total. The van der Waals surface area contributed by atoms with E-state index >= 15 is 0 Å². The molecular formula is C44H42N6O10. The van der Waals surface area contributed by atoms with Crippen LogP contribution >= 0.6 is 0 Å².